The van der Waals surface area contributed by atoms with Gasteiger partial charge in [0.15, 0.2) is 0 Å². The lowest BCUT2D eigenvalue weighted by atomic mass is 9.45. The van der Waals surface area contributed by atoms with Crippen LogP contribution in [0.25, 0.3) is 0 Å². The molecular weight excluding hydrogens is 399 g/mol. The van der Waals surface area contributed by atoms with Gasteiger partial charge in [0.25, 0.3) is 10.1 Å². The van der Waals surface area contributed by atoms with Crippen molar-refractivity contribution in [2.45, 2.75) is 89.1 Å². The lowest BCUT2D eigenvalue weighted by molar-refractivity contribution is -0.117. The van der Waals surface area contributed by atoms with Gasteiger partial charge in [-0.1, -0.05) is 20.3 Å². The first kappa shape index (κ1) is 20.9. The molecule has 0 saturated heterocycles. The summed E-state index contributed by atoms with van der Waals surface area (Å²) in [6, 6.07) is 4.94. The number of fused-ring (bicyclic) bond motifs is 5. The summed E-state index contributed by atoms with van der Waals surface area (Å²) < 4.78 is 44.2. The molecule has 0 N–H and O–H groups in total. The molecule has 0 heterocycles. The van der Waals surface area contributed by atoms with Gasteiger partial charge in [-0.15, -0.1) is 0 Å². The third-order valence-corrected chi connectivity index (χ3v) is 11.1. The maximum Gasteiger partial charge on any atom is 0.297 e. The van der Waals surface area contributed by atoms with Crippen molar-refractivity contribution in [3.05, 3.63) is 30.1 Å². The van der Waals surface area contributed by atoms with Gasteiger partial charge in [-0.25, -0.2) is 4.39 Å². The van der Waals surface area contributed by atoms with Crippen molar-refractivity contribution in [2.75, 3.05) is 0 Å². The number of benzene rings is 1. The highest BCUT2D eigenvalue weighted by atomic mass is 32.2. The molecule has 5 rings (SSSR count). The minimum absolute atomic E-state index is 0.0498. The highest BCUT2D eigenvalue weighted by molar-refractivity contribution is 7.86. The Morgan fingerprint density at radius 1 is 0.933 bits per heavy atom. The summed E-state index contributed by atoms with van der Waals surface area (Å²) in [6.07, 6.45) is 11.9. The maximum atomic E-state index is 13.2. The lowest BCUT2D eigenvalue weighted by Crippen LogP contribution is -2.53. The average Bonchev–Trinajstić information content (AvgIpc) is 3.10. The zero-order valence-electron chi connectivity index (χ0n) is 18.3. The first-order valence-corrected chi connectivity index (χ1v) is 13.3. The molecule has 5 heteroatoms. The Balaban J connectivity index is 1.30. The van der Waals surface area contributed by atoms with Gasteiger partial charge in [-0.05, 0) is 117 Å². The topological polar surface area (TPSA) is 43.4 Å². The minimum atomic E-state index is -3.84. The van der Waals surface area contributed by atoms with E-state index in [0.717, 1.165) is 37.0 Å². The fourth-order valence-corrected chi connectivity index (χ4v) is 9.25. The molecule has 4 saturated carbocycles. The van der Waals surface area contributed by atoms with Gasteiger partial charge in [0.05, 0.1) is 11.0 Å². The lowest BCUT2D eigenvalue weighted by Gasteiger charge is -2.60. The SMILES string of the molecule is C[C@@]12CCC[C@H]1[C@@H]1CC[C@H]3C[C@@H](OS(=O)(=O)c4ccc(F)cc4)CC[C@]3(C)[C@H]1CC2. The third kappa shape index (κ3) is 3.35. The number of hydrogen-bond acceptors (Lipinski definition) is 3. The van der Waals surface area contributed by atoms with Gasteiger partial charge in [-0.2, -0.15) is 8.42 Å². The Morgan fingerprint density at radius 2 is 1.70 bits per heavy atom. The summed E-state index contributed by atoms with van der Waals surface area (Å²) in [7, 11) is -3.84. The van der Waals surface area contributed by atoms with Gasteiger partial charge in [-0.3, -0.25) is 4.18 Å². The van der Waals surface area contributed by atoms with Gasteiger partial charge in [0, 0.05) is 0 Å². The Hall–Kier alpha value is -0.940. The van der Waals surface area contributed by atoms with E-state index in [0.29, 0.717) is 16.7 Å². The van der Waals surface area contributed by atoms with Crippen molar-refractivity contribution < 1.29 is 17.0 Å². The van der Waals surface area contributed by atoms with Crippen molar-refractivity contribution in [1.29, 1.82) is 0 Å². The van der Waals surface area contributed by atoms with Crippen LogP contribution in [-0.4, -0.2) is 14.5 Å². The first-order valence-electron chi connectivity index (χ1n) is 11.9. The van der Waals surface area contributed by atoms with Gasteiger partial charge < -0.3 is 0 Å². The van der Waals surface area contributed by atoms with E-state index in [1.165, 1.54) is 69.2 Å². The second kappa shape index (κ2) is 7.30. The fourth-order valence-electron chi connectivity index (χ4n) is 8.14. The molecule has 7 atom stereocenters. The summed E-state index contributed by atoms with van der Waals surface area (Å²) >= 11 is 0. The van der Waals surface area contributed by atoms with E-state index < -0.39 is 15.9 Å². The second-order valence-corrected chi connectivity index (χ2v) is 12.7. The van der Waals surface area contributed by atoms with E-state index in [1.807, 2.05) is 0 Å². The zero-order valence-corrected chi connectivity index (χ0v) is 19.1. The van der Waals surface area contributed by atoms with Crippen LogP contribution in [0.3, 0.4) is 0 Å². The van der Waals surface area contributed by atoms with Crippen LogP contribution in [0.4, 0.5) is 4.39 Å². The smallest absolute Gasteiger partial charge is 0.263 e. The molecule has 4 fully saturated rings. The van der Waals surface area contributed by atoms with Crippen LogP contribution < -0.4 is 0 Å². The summed E-state index contributed by atoms with van der Waals surface area (Å²) in [6.45, 7) is 5.04. The highest BCUT2D eigenvalue weighted by Gasteiger charge is 2.58. The summed E-state index contributed by atoms with van der Waals surface area (Å²) in [5.74, 6) is 2.67. The molecule has 4 aliphatic rings. The molecule has 0 aromatic heterocycles. The van der Waals surface area contributed by atoms with Crippen molar-refractivity contribution in [2.24, 2.45) is 34.5 Å². The zero-order chi connectivity index (χ0) is 21.1. The van der Waals surface area contributed by atoms with E-state index in [4.69, 9.17) is 4.18 Å². The van der Waals surface area contributed by atoms with E-state index in [-0.39, 0.29) is 11.0 Å². The van der Waals surface area contributed by atoms with Crippen LogP contribution in [0.1, 0.15) is 78.1 Å². The first-order chi connectivity index (χ1) is 14.2. The predicted octanol–water partition coefficient (Wildman–Crippen LogP) is 6.33. The summed E-state index contributed by atoms with van der Waals surface area (Å²) in [5.41, 5.74) is 0.903. The molecule has 0 spiro atoms. The highest BCUT2D eigenvalue weighted by Crippen LogP contribution is 2.66. The number of rotatable bonds is 3. The molecule has 0 bridgehead atoms. The maximum absolute atomic E-state index is 13.2. The van der Waals surface area contributed by atoms with Crippen LogP contribution in [0.5, 0.6) is 0 Å². The predicted molar refractivity (Wildman–Crippen MR) is 115 cm³/mol. The normalized spacial score (nSPS) is 43.5. The molecule has 4 aliphatic carbocycles. The molecule has 166 valence electrons. The van der Waals surface area contributed by atoms with Crippen molar-refractivity contribution in [3.63, 3.8) is 0 Å². The Morgan fingerprint density at radius 3 is 2.47 bits per heavy atom. The fraction of sp³-hybridized carbons (Fsp3) is 0.760. The van der Waals surface area contributed by atoms with Crippen LogP contribution in [0, 0.1) is 40.3 Å². The molecule has 1 aromatic rings. The van der Waals surface area contributed by atoms with Crippen molar-refractivity contribution >= 4 is 10.1 Å². The van der Waals surface area contributed by atoms with Crippen LogP contribution in [-0.2, 0) is 14.3 Å². The van der Waals surface area contributed by atoms with E-state index in [2.05, 4.69) is 13.8 Å². The molecule has 0 amide bonds. The van der Waals surface area contributed by atoms with Crippen LogP contribution >= 0.6 is 0 Å². The van der Waals surface area contributed by atoms with Crippen LogP contribution in [0.2, 0.25) is 0 Å². The Labute approximate surface area is 180 Å². The quantitative estimate of drug-likeness (QED) is 0.522. The Kier molecular flexibility index (Phi) is 5.09. The standard InChI is InChI=1S/C25H35FO3S/c1-24-13-3-4-22(24)21-10-5-17-16-19(11-15-25(17,2)23(21)12-14-24)29-30(27,28)20-8-6-18(26)7-9-20/h6-9,17,19,21-23H,3-5,10-16H2,1-2H3/t17-,19-,21-,22-,23-,24-,25-/m0/s1. The number of halogens is 1. The summed E-state index contributed by atoms with van der Waals surface area (Å²) in [4.78, 5) is 0.0498. The van der Waals surface area contributed by atoms with E-state index in [9.17, 15) is 12.8 Å². The number of hydrogen-bond donors (Lipinski definition) is 0. The van der Waals surface area contributed by atoms with Gasteiger partial charge in [0.1, 0.15) is 5.82 Å². The van der Waals surface area contributed by atoms with E-state index >= 15 is 0 Å². The van der Waals surface area contributed by atoms with Crippen LogP contribution in [0.15, 0.2) is 29.2 Å². The largest absolute Gasteiger partial charge is 0.297 e. The summed E-state index contributed by atoms with van der Waals surface area (Å²) in [5, 5.41) is 0. The third-order valence-electron chi connectivity index (χ3n) is 9.76. The monoisotopic (exact) mass is 434 g/mol. The van der Waals surface area contributed by atoms with Crippen molar-refractivity contribution in [1.82, 2.24) is 0 Å². The molecule has 0 aliphatic heterocycles. The molecule has 0 unspecified atom stereocenters. The molecule has 30 heavy (non-hydrogen) atoms. The average molecular weight is 435 g/mol. The molecule has 3 nitrogen and oxygen atoms in total. The second-order valence-electron chi connectivity index (χ2n) is 11.1. The van der Waals surface area contributed by atoms with Gasteiger partial charge in [0.2, 0.25) is 0 Å². The minimum Gasteiger partial charge on any atom is -0.263 e. The Bertz CT molecular complexity index is 897. The molecule has 1 aromatic carbocycles. The molecular formula is C25H35FO3S. The molecule has 0 radical (unpaired) electrons. The van der Waals surface area contributed by atoms with Crippen molar-refractivity contribution in [3.8, 4) is 0 Å². The van der Waals surface area contributed by atoms with Gasteiger partial charge >= 0.3 is 0 Å². The van der Waals surface area contributed by atoms with E-state index in [1.54, 1.807) is 0 Å².